The number of alkyl halides is 3. The molecule has 4 rings (SSSR count). The summed E-state index contributed by atoms with van der Waals surface area (Å²) < 4.78 is 44.4. The summed E-state index contributed by atoms with van der Waals surface area (Å²) >= 11 is 0. The minimum Gasteiger partial charge on any atom is -0.451 e. The van der Waals surface area contributed by atoms with Crippen molar-refractivity contribution in [3.05, 3.63) is 72.0 Å². The first-order valence-corrected chi connectivity index (χ1v) is 11.5. The van der Waals surface area contributed by atoms with E-state index in [4.69, 9.17) is 4.42 Å². The molecule has 0 saturated carbocycles. The van der Waals surface area contributed by atoms with Gasteiger partial charge in [-0.15, -0.1) is 0 Å². The Kier molecular flexibility index (Phi) is 7.14. The van der Waals surface area contributed by atoms with E-state index < -0.39 is 17.6 Å². The number of furan rings is 1. The molecule has 3 aromatic rings. The summed E-state index contributed by atoms with van der Waals surface area (Å²) in [6, 6.07) is 15.0. The molecule has 2 heterocycles. The summed E-state index contributed by atoms with van der Waals surface area (Å²) in [7, 11) is 0. The lowest BCUT2D eigenvalue weighted by atomic mass is 10.1. The number of anilines is 2. The van der Waals surface area contributed by atoms with Gasteiger partial charge in [0.1, 0.15) is 5.76 Å². The summed E-state index contributed by atoms with van der Waals surface area (Å²) in [6.45, 7) is 4.85. The van der Waals surface area contributed by atoms with Crippen LogP contribution in [0.1, 0.15) is 35.9 Å². The standard InChI is InChI=1S/C26H26F3N3O3/c1-2-4-24(33)32-15-13-31(14-16-32)21-9-7-20(8-10-21)30-25(34)23-12-11-22(35-23)18-5-3-6-19(17-18)26(27,28)29/h3,5-12,17H,2,4,13-16H2,1H3,(H,30,34). The van der Waals surface area contributed by atoms with E-state index in [1.54, 1.807) is 12.1 Å². The molecule has 2 amide bonds. The van der Waals surface area contributed by atoms with Gasteiger partial charge in [-0.1, -0.05) is 19.1 Å². The summed E-state index contributed by atoms with van der Waals surface area (Å²) in [4.78, 5) is 28.7. The quantitative estimate of drug-likeness (QED) is 0.489. The monoisotopic (exact) mass is 485 g/mol. The molecule has 1 saturated heterocycles. The highest BCUT2D eigenvalue weighted by Crippen LogP contribution is 2.32. The van der Waals surface area contributed by atoms with E-state index in [9.17, 15) is 22.8 Å². The van der Waals surface area contributed by atoms with Crippen molar-refractivity contribution in [3.8, 4) is 11.3 Å². The molecule has 6 nitrogen and oxygen atoms in total. The number of hydrogen-bond donors (Lipinski definition) is 1. The van der Waals surface area contributed by atoms with Crippen LogP contribution in [0.3, 0.4) is 0 Å². The van der Waals surface area contributed by atoms with Gasteiger partial charge in [-0.25, -0.2) is 0 Å². The molecule has 35 heavy (non-hydrogen) atoms. The molecule has 1 N–H and O–H groups in total. The van der Waals surface area contributed by atoms with Gasteiger partial charge < -0.3 is 19.5 Å². The first-order valence-electron chi connectivity index (χ1n) is 11.5. The van der Waals surface area contributed by atoms with Crippen molar-refractivity contribution in [2.75, 3.05) is 36.4 Å². The Bertz CT molecular complexity index is 1180. The Hall–Kier alpha value is -3.75. The predicted octanol–water partition coefficient (Wildman–Crippen LogP) is 5.67. The van der Waals surface area contributed by atoms with Crippen molar-refractivity contribution in [1.29, 1.82) is 0 Å². The molecular weight excluding hydrogens is 459 g/mol. The van der Waals surface area contributed by atoms with Gasteiger partial charge in [0, 0.05) is 49.5 Å². The number of halogens is 3. The summed E-state index contributed by atoms with van der Waals surface area (Å²) in [5.41, 5.74) is 1.01. The van der Waals surface area contributed by atoms with E-state index in [-0.39, 0.29) is 23.0 Å². The third kappa shape index (κ3) is 5.85. The van der Waals surface area contributed by atoms with Crippen LogP contribution in [0.4, 0.5) is 24.5 Å². The summed E-state index contributed by atoms with van der Waals surface area (Å²) in [5.74, 6) is -0.138. The molecule has 0 radical (unpaired) electrons. The van der Waals surface area contributed by atoms with E-state index in [0.717, 1.165) is 37.3 Å². The van der Waals surface area contributed by atoms with Crippen molar-refractivity contribution in [2.45, 2.75) is 25.9 Å². The van der Waals surface area contributed by atoms with Gasteiger partial charge >= 0.3 is 6.18 Å². The zero-order chi connectivity index (χ0) is 25.0. The largest absolute Gasteiger partial charge is 0.451 e. The lowest BCUT2D eigenvalue weighted by Crippen LogP contribution is -2.48. The highest BCUT2D eigenvalue weighted by Gasteiger charge is 2.30. The normalized spacial score (nSPS) is 14.2. The maximum absolute atomic E-state index is 13.0. The molecule has 0 unspecified atom stereocenters. The molecule has 0 spiro atoms. The molecule has 0 bridgehead atoms. The number of carbonyl (C=O) groups excluding carboxylic acids is 2. The Balaban J connectivity index is 1.36. The van der Waals surface area contributed by atoms with E-state index in [1.807, 2.05) is 24.0 Å². The average molecular weight is 486 g/mol. The maximum Gasteiger partial charge on any atom is 0.416 e. The van der Waals surface area contributed by atoms with Crippen LogP contribution in [0, 0.1) is 0 Å². The minimum absolute atomic E-state index is 0.00523. The number of piperazine rings is 1. The molecular formula is C26H26F3N3O3. The number of benzene rings is 2. The highest BCUT2D eigenvalue weighted by molar-refractivity contribution is 6.02. The van der Waals surface area contributed by atoms with Crippen molar-refractivity contribution >= 4 is 23.2 Å². The third-order valence-electron chi connectivity index (χ3n) is 5.89. The first-order chi connectivity index (χ1) is 16.7. The molecule has 2 aromatic carbocycles. The number of nitrogens with zero attached hydrogens (tertiary/aromatic N) is 2. The van der Waals surface area contributed by atoms with Crippen LogP contribution in [-0.4, -0.2) is 42.9 Å². The summed E-state index contributed by atoms with van der Waals surface area (Å²) in [6.07, 6.45) is -3.04. The molecule has 0 aliphatic carbocycles. The SMILES string of the molecule is CCCC(=O)N1CCN(c2ccc(NC(=O)c3ccc(-c4cccc(C(F)(F)F)c4)o3)cc2)CC1. The fourth-order valence-electron chi connectivity index (χ4n) is 4.00. The second-order valence-corrected chi connectivity index (χ2v) is 8.36. The van der Waals surface area contributed by atoms with Gasteiger partial charge in [0.05, 0.1) is 5.56 Å². The van der Waals surface area contributed by atoms with E-state index in [2.05, 4.69) is 10.2 Å². The number of amides is 2. The van der Waals surface area contributed by atoms with Gasteiger partial charge in [0.25, 0.3) is 5.91 Å². The molecule has 0 atom stereocenters. The van der Waals surface area contributed by atoms with Crippen molar-refractivity contribution in [3.63, 3.8) is 0 Å². The molecule has 184 valence electrons. The number of carbonyl (C=O) groups is 2. The smallest absolute Gasteiger partial charge is 0.416 e. The van der Waals surface area contributed by atoms with Gasteiger partial charge in [-0.3, -0.25) is 9.59 Å². The van der Waals surface area contributed by atoms with E-state index in [0.29, 0.717) is 25.2 Å². The number of nitrogens with one attached hydrogen (secondary N) is 1. The lowest BCUT2D eigenvalue weighted by molar-refractivity contribution is -0.137. The second kappa shape index (κ2) is 10.2. The Morgan fingerprint density at radius 3 is 2.34 bits per heavy atom. The molecule has 1 aliphatic heterocycles. The van der Waals surface area contributed by atoms with Crippen LogP contribution in [0.15, 0.2) is 65.1 Å². The molecule has 9 heteroatoms. The van der Waals surface area contributed by atoms with Crippen LogP contribution in [0.5, 0.6) is 0 Å². The maximum atomic E-state index is 13.0. The van der Waals surface area contributed by atoms with Crippen molar-refractivity contribution < 1.29 is 27.2 Å². The van der Waals surface area contributed by atoms with Gasteiger partial charge in [-0.05, 0) is 55.0 Å². The second-order valence-electron chi connectivity index (χ2n) is 8.36. The first kappa shape index (κ1) is 24.4. The number of hydrogen-bond acceptors (Lipinski definition) is 4. The molecule has 1 aromatic heterocycles. The van der Waals surface area contributed by atoms with Crippen LogP contribution in [0.2, 0.25) is 0 Å². The minimum atomic E-state index is -4.46. The predicted molar refractivity (Wildman–Crippen MR) is 127 cm³/mol. The molecule has 1 fully saturated rings. The van der Waals surface area contributed by atoms with Crippen LogP contribution in [0.25, 0.3) is 11.3 Å². The van der Waals surface area contributed by atoms with Gasteiger partial charge in [-0.2, -0.15) is 13.2 Å². The van der Waals surface area contributed by atoms with Crippen LogP contribution >= 0.6 is 0 Å². The topological polar surface area (TPSA) is 65.8 Å². The zero-order valence-electron chi connectivity index (χ0n) is 19.3. The highest BCUT2D eigenvalue weighted by atomic mass is 19.4. The zero-order valence-corrected chi connectivity index (χ0v) is 19.3. The fourth-order valence-corrected chi connectivity index (χ4v) is 4.00. The van der Waals surface area contributed by atoms with E-state index in [1.165, 1.54) is 24.3 Å². The lowest BCUT2D eigenvalue weighted by Gasteiger charge is -2.36. The Morgan fingerprint density at radius 2 is 1.69 bits per heavy atom. The number of rotatable bonds is 6. The van der Waals surface area contributed by atoms with Crippen molar-refractivity contribution in [2.24, 2.45) is 0 Å². The van der Waals surface area contributed by atoms with Crippen molar-refractivity contribution in [1.82, 2.24) is 4.90 Å². The third-order valence-corrected chi connectivity index (χ3v) is 5.89. The molecule has 1 aliphatic rings. The van der Waals surface area contributed by atoms with Crippen LogP contribution in [-0.2, 0) is 11.0 Å². The average Bonchev–Trinajstić information content (AvgIpc) is 3.35. The summed E-state index contributed by atoms with van der Waals surface area (Å²) in [5, 5.41) is 2.74. The Labute approximate surface area is 201 Å². The van der Waals surface area contributed by atoms with Gasteiger partial charge in [0.2, 0.25) is 5.91 Å². The Morgan fingerprint density at radius 1 is 0.971 bits per heavy atom. The van der Waals surface area contributed by atoms with Crippen LogP contribution < -0.4 is 10.2 Å². The van der Waals surface area contributed by atoms with Gasteiger partial charge in [0.15, 0.2) is 5.76 Å². The fraction of sp³-hybridized carbons (Fsp3) is 0.308. The van der Waals surface area contributed by atoms with E-state index >= 15 is 0 Å².